The van der Waals surface area contributed by atoms with Gasteiger partial charge in [0.25, 0.3) is 5.91 Å². The van der Waals surface area contributed by atoms with Crippen molar-refractivity contribution in [3.63, 3.8) is 0 Å². The van der Waals surface area contributed by atoms with Crippen LogP contribution in [-0.4, -0.2) is 82.8 Å². The molecule has 3 aliphatic rings. The van der Waals surface area contributed by atoms with Gasteiger partial charge in [-0.2, -0.15) is 13.2 Å². The summed E-state index contributed by atoms with van der Waals surface area (Å²) >= 11 is 0. The Kier molecular flexibility index (Phi) is 7.01. The highest BCUT2D eigenvalue weighted by Crippen LogP contribution is 2.41. The van der Waals surface area contributed by atoms with Gasteiger partial charge in [-0.05, 0) is 43.4 Å². The first-order chi connectivity index (χ1) is 18.1. The number of pyridine rings is 2. The molecule has 0 spiro atoms. The van der Waals surface area contributed by atoms with Crippen LogP contribution in [0.5, 0.6) is 5.75 Å². The molecular formula is C24H27F3N6O5. The maximum Gasteiger partial charge on any atom is 0.408 e. The van der Waals surface area contributed by atoms with E-state index in [2.05, 4.69) is 20.6 Å². The van der Waals surface area contributed by atoms with Crippen LogP contribution in [0, 0.1) is 5.92 Å². The fourth-order valence-corrected chi connectivity index (χ4v) is 4.69. The molecule has 2 fully saturated rings. The van der Waals surface area contributed by atoms with Gasteiger partial charge in [0.15, 0.2) is 5.82 Å². The number of fused-ring (bicyclic) bond motifs is 4. The summed E-state index contributed by atoms with van der Waals surface area (Å²) in [5.41, 5.74) is 0.387. The van der Waals surface area contributed by atoms with E-state index >= 15 is 0 Å². The highest BCUT2D eigenvalue weighted by atomic mass is 19.4. The number of carbonyl (C=O) groups excluding carboxylic acids is 2. The number of nitrogens with one attached hydrogen (secondary N) is 2. The zero-order valence-corrected chi connectivity index (χ0v) is 20.2. The van der Waals surface area contributed by atoms with Crippen molar-refractivity contribution < 1.29 is 37.7 Å². The molecule has 2 aromatic rings. The van der Waals surface area contributed by atoms with E-state index in [-0.39, 0.29) is 30.0 Å². The van der Waals surface area contributed by atoms with Crippen molar-refractivity contribution >= 4 is 29.3 Å². The zero-order valence-electron chi connectivity index (χ0n) is 20.2. The van der Waals surface area contributed by atoms with Crippen molar-refractivity contribution in [3.8, 4) is 5.75 Å². The second-order valence-corrected chi connectivity index (χ2v) is 9.58. The SMILES string of the molecule is O=C(NC(C1CC1)C(F)(F)F)c1ccc2c(n1)N(C(=O)Nc1cc(OCC(O)CO)ccn1)[C@H]1CCN2C1. The van der Waals surface area contributed by atoms with E-state index < -0.39 is 42.8 Å². The van der Waals surface area contributed by atoms with Crippen molar-refractivity contribution in [1.82, 2.24) is 15.3 Å². The quantitative estimate of drug-likeness (QED) is 0.401. The number of anilines is 3. The topological polar surface area (TPSA) is 140 Å². The lowest BCUT2D eigenvalue weighted by molar-refractivity contribution is -0.158. The van der Waals surface area contributed by atoms with Crippen molar-refractivity contribution in [1.29, 1.82) is 0 Å². The molecule has 204 valence electrons. The van der Waals surface area contributed by atoms with Crippen molar-refractivity contribution in [2.45, 2.75) is 43.6 Å². The van der Waals surface area contributed by atoms with Crippen LogP contribution in [0.1, 0.15) is 29.8 Å². The van der Waals surface area contributed by atoms with Gasteiger partial charge in [-0.25, -0.2) is 14.8 Å². The monoisotopic (exact) mass is 536 g/mol. The molecule has 14 heteroatoms. The molecule has 0 aromatic carbocycles. The fourth-order valence-electron chi connectivity index (χ4n) is 4.69. The molecule has 3 amide bonds. The Morgan fingerprint density at radius 1 is 1.21 bits per heavy atom. The lowest BCUT2D eigenvalue weighted by atomic mass is 10.1. The summed E-state index contributed by atoms with van der Waals surface area (Å²) in [7, 11) is 0. The summed E-state index contributed by atoms with van der Waals surface area (Å²) in [5, 5.41) is 23.2. The molecule has 2 aliphatic heterocycles. The number of aliphatic hydroxyl groups excluding tert-OH is 2. The Morgan fingerprint density at radius 3 is 2.71 bits per heavy atom. The minimum Gasteiger partial charge on any atom is -0.491 e. The molecule has 1 saturated heterocycles. The van der Waals surface area contributed by atoms with Crippen molar-refractivity contribution in [2.24, 2.45) is 5.92 Å². The molecular weight excluding hydrogens is 509 g/mol. The number of rotatable bonds is 8. The number of halogens is 3. The summed E-state index contributed by atoms with van der Waals surface area (Å²) in [5.74, 6) is -0.954. The van der Waals surface area contributed by atoms with Crippen LogP contribution in [0.4, 0.5) is 35.3 Å². The van der Waals surface area contributed by atoms with Gasteiger partial charge in [0, 0.05) is 25.4 Å². The van der Waals surface area contributed by atoms with Crippen molar-refractivity contribution in [3.05, 3.63) is 36.2 Å². The summed E-state index contributed by atoms with van der Waals surface area (Å²) in [6.07, 6.45) is -2.80. The van der Waals surface area contributed by atoms with Gasteiger partial charge in [-0.3, -0.25) is 15.0 Å². The molecule has 3 atom stereocenters. The standard InChI is InChI=1S/C24H27F3N6O5/c25-24(26,27)20(13-1-2-13)31-22(36)17-3-4-18-21(29-17)33(14-6-8-32(18)10-14)23(37)30-19-9-16(5-7-28-19)38-12-15(35)11-34/h3-5,7,9,13-15,20,34-35H,1-2,6,8,10-12H2,(H,31,36)(H,28,30,37)/t14-,15?,20?/m0/s1. The average Bonchev–Trinajstić information content (AvgIpc) is 3.64. The van der Waals surface area contributed by atoms with Crippen molar-refractivity contribution in [2.75, 3.05) is 41.4 Å². The highest BCUT2D eigenvalue weighted by Gasteiger charge is 2.50. The molecule has 1 aliphatic carbocycles. The lowest BCUT2D eigenvalue weighted by Gasteiger charge is -2.35. The van der Waals surface area contributed by atoms with Crippen LogP contribution in [0.2, 0.25) is 0 Å². The average molecular weight is 537 g/mol. The minimum absolute atomic E-state index is 0.152. The van der Waals surface area contributed by atoms with E-state index in [0.29, 0.717) is 43.8 Å². The fraction of sp³-hybridized carbons (Fsp3) is 0.500. The van der Waals surface area contributed by atoms with E-state index in [0.717, 1.165) is 0 Å². The number of aromatic nitrogens is 2. The highest BCUT2D eigenvalue weighted by molar-refractivity contribution is 6.05. The van der Waals surface area contributed by atoms with Crippen LogP contribution >= 0.6 is 0 Å². The predicted octanol–water partition coefficient (Wildman–Crippen LogP) is 1.91. The number of nitrogens with zero attached hydrogens (tertiary/aromatic N) is 4. The van der Waals surface area contributed by atoms with Crippen LogP contribution in [0.3, 0.4) is 0 Å². The number of ether oxygens (including phenoxy) is 1. The third-order valence-corrected chi connectivity index (χ3v) is 6.76. The van der Waals surface area contributed by atoms with Crippen LogP contribution in [0.15, 0.2) is 30.5 Å². The number of alkyl halides is 3. The number of aliphatic hydroxyl groups is 2. The molecule has 0 radical (unpaired) electrons. The largest absolute Gasteiger partial charge is 0.491 e. The summed E-state index contributed by atoms with van der Waals surface area (Å²) in [6, 6.07) is 3.15. The molecule has 5 rings (SSSR count). The molecule has 11 nitrogen and oxygen atoms in total. The van der Waals surface area contributed by atoms with Gasteiger partial charge in [-0.1, -0.05) is 0 Å². The first-order valence-corrected chi connectivity index (χ1v) is 12.3. The van der Waals surface area contributed by atoms with Gasteiger partial charge >= 0.3 is 12.2 Å². The number of amides is 3. The molecule has 2 bridgehead atoms. The Hall–Kier alpha value is -3.65. The molecule has 4 heterocycles. The van der Waals surface area contributed by atoms with Crippen LogP contribution in [0.25, 0.3) is 0 Å². The van der Waals surface area contributed by atoms with E-state index in [1.165, 1.54) is 29.3 Å². The third-order valence-electron chi connectivity index (χ3n) is 6.76. The predicted molar refractivity (Wildman–Crippen MR) is 129 cm³/mol. The number of urea groups is 1. The van der Waals surface area contributed by atoms with Gasteiger partial charge in [0.2, 0.25) is 0 Å². The second-order valence-electron chi connectivity index (χ2n) is 9.58. The van der Waals surface area contributed by atoms with Gasteiger partial charge < -0.3 is 25.2 Å². The molecule has 1 saturated carbocycles. The van der Waals surface area contributed by atoms with Gasteiger partial charge in [-0.15, -0.1) is 0 Å². The minimum atomic E-state index is -4.57. The third kappa shape index (κ3) is 5.45. The van der Waals surface area contributed by atoms with Crippen LogP contribution < -0.4 is 25.2 Å². The lowest BCUT2D eigenvalue weighted by Crippen LogP contribution is -2.49. The van der Waals surface area contributed by atoms with E-state index in [9.17, 15) is 27.9 Å². The van der Waals surface area contributed by atoms with Crippen LogP contribution in [-0.2, 0) is 0 Å². The summed E-state index contributed by atoms with van der Waals surface area (Å²) in [4.78, 5) is 38.0. The van der Waals surface area contributed by atoms with E-state index in [1.807, 2.05) is 4.90 Å². The molecule has 4 N–H and O–H groups in total. The molecule has 2 unspecified atom stereocenters. The zero-order chi connectivity index (χ0) is 27.0. The maximum atomic E-state index is 13.4. The Morgan fingerprint density at radius 2 is 2.00 bits per heavy atom. The van der Waals surface area contributed by atoms with E-state index in [1.54, 1.807) is 6.07 Å². The van der Waals surface area contributed by atoms with Gasteiger partial charge in [0.1, 0.15) is 36.0 Å². The Balaban J connectivity index is 1.36. The summed E-state index contributed by atoms with van der Waals surface area (Å²) in [6.45, 7) is 0.574. The smallest absolute Gasteiger partial charge is 0.408 e. The normalized spacial score (nSPS) is 20.0. The number of carbonyl (C=O) groups is 2. The molecule has 38 heavy (non-hydrogen) atoms. The first-order valence-electron chi connectivity index (χ1n) is 12.3. The number of hydrogen-bond acceptors (Lipinski definition) is 8. The maximum absolute atomic E-state index is 13.4. The summed E-state index contributed by atoms with van der Waals surface area (Å²) < 4.78 is 45.7. The van der Waals surface area contributed by atoms with Gasteiger partial charge in [0.05, 0.1) is 18.3 Å². The molecule has 2 aromatic heterocycles. The Bertz CT molecular complexity index is 1210. The second kappa shape index (κ2) is 10.3. The Labute approximate surface area is 215 Å². The number of hydrogen-bond donors (Lipinski definition) is 4. The first kappa shape index (κ1) is 26.0. The van der Waals surface area contributed by atoms with E-state index in [4.69, 9.17) is 9.84 Å².